The van der Waals surface area contributed by atoms with E-state index in [-0.39, 0.29) is 23.5 Å². The van der Waals surface area contributed by atoms with Crippen LogP contribution >= 0.6 is 0 Å². The van der Waals surface area contributed by atoms with Crippen molar-refractivity contribution in [3.8, 4) is 11.5 Å². The number of rotatable bonds is 4. The second-order valence-corrected chi connectivity index (χ2v) is 8.08. The third-order valence-corrected chi connectivity index (χ3v) is 6.57. The maximum atomic E-state index is 12.8. The Kier molecular flexibility index (Phi) is 3.93. The Morgan fingerprint density at radius 1 is 1.21 bits per heavy atom. The van der Waals surface area contributed by atoms with Crippen LogP contribution in [0.4, 0.5) is 0 Å². The first kappa shape index (κ1) is 17.3. The lowest BCUT2D eigenvalue weighted by atomic mass is 9.84. The van der Waals surface area contributed by atoms with Gasteiger partial charge in [-0.1, -0.05) is 24.3 Å². The lowest BCUT2D eigenvalue weighted by molar-refractivity contribution is -0.124. The number of para-hydroxylation sites is 1. The van der Waals surface area contributed by atoms with Gasteiger partial charge >= 0.3 is 0 Å². The normalized spacial score (nSPS) is 29.6. The molecule has 1 N–H and O–H groups in total. The van der Waals surface area contributed by atoms with Gasteiger partial charge in [-0.2, -0.15) is 0 Å². The number of carbonyl (C=O) groups is 2. The molecule has 5 heteroatoms. The molecule has 1 amide bonds. The zero-order valence-corrected chi connectivity index (χ0v) is 15.8. The highest BCUT2D eigenvalue weighted by molar-refractivity contribution is 6.00. The molecule has 1 heterocycles. The fraction of sp³-hybridized carbons (Fsp3) is 0.391. The van der Waals surface area contributed by atoms with E-state index in [0.717, 1.165) is 24.2 Å². The van der Waals surface area contributed by atoms with Gasteiger partial charge in [0.15, 0.2) is 5.78 Å². The molecule has 2 saturated carbocycles. The number of nitrogens with one attached hydrogen (secondary N) is 1. The van der Waals surface area contributed by atoms with Crippen molar-refractivity contribution in [1.29, 1.82) is 0 Å². The minimum Gasteiger partial charge on any atom is -0.497 e. The summed E-state index contributed by atoms with van der Waals surface area (Å²) >= 11 is 0. The van der Waals surface area contributed by atoms with Crippen LogP contribution in [-0.4, -0.2) is 24.4 Å². The van der Waals surface area contributed by atoms with Crippen LogP contribution in [0.25, 0.3) is 0 Å². The fourth-order valence-corrected chi connectivity index (χ4v) is 5.17. The summed E-state index contributed by atoms with van der Waals surface area (Å²) in [6.07, 6.45) is 2.18. The van der Waals surface area contributed by atoms with Crippen molar-refractivity contribution < 1.29 is 19.1 Å². The van der Waals surface area contributed by atoms with Crippen molar-refractivity contribution in [2.24, 2.45) is 17.8 Å². The molecule has 2 aliphatic carbocycles. The van der Waals surface area contributed by atoms with E-state index in [9.17, 15) is 9.59 Å². The third kappa shape index (κ3) is 2.68. The molecule has 0 saturated heterocycles. The Bertz CT molecular complexity index is 938. The molecule has 0 bridgehead atoms. The van der Waals surface area contributed by atoms with Crippen molar-refractivity contribution >= 4 is 11.7 Å². The Hall–Kier alpha value is -2.82. The predicted molar refractivity (Wildman–Crippen MR) is 103 cm³/mol. The molecule has 0 unspecified atom stereocenters. The second kappa shape index (κ2) is 6.36. The van der Waals surface area contributed by atoms with Crippen LogP contribution < -0.4 is 14.8 Å². The number of methoxy groups -OCH3 is 1. The van der Waals surface area contributed by atoms with Crippen LogP contribution in [-0.2, 0) is 11.3 Å². The Labute approximate surface area is 164 Å². The summed E-state index contributed by atoms with van der Waals surface area (Å²) in [4.78, 5) is 25.5. The molecule has 1 spiro atoms. The molecule has 28 heavy (non-hydrogen) atoms. The third-order valence-electron chi connectivity index (χ3n) is 6.57. The lowest BCUT2D eigenvalue weighted by Gasteiger charge is -2.37. The molecule has 0 radical (unpaired) electrons. The first-order chi connectivity index (χ1) is 13.6. The van der Waals surface area contributed by atoms with E-state index in [0.29, 0.717) is 30.2 Å². The summed E-state index contributed by atoms with van der Waals surface area (Å²) in [5, 5.41) is 3.06. The minimum atomic E-state index is -0.502. The average molecular weight is 377 g/mol. The Balaban J connectivity index is 1.27. The van der Waals surface area contributed by atoms with Crippen molar-refractivity contribution in [2.45, 2.75) is 31.4 Å². The maximum Gasteiger partial charge on any atom is 0.224 e. The van der Waals surface area contributed by atoms with Crippen molar-refractivity contribution in [3.05, 3.63) is 59.7 Å². The number of ketones is 1. The van der Waals surface area contributed by atoms with Crippen LogP contribution in [0.2, 0.25) is 0 Å². The number of amides is 1. The quantitative estimate of drug-likeness (QED) is 0.887. The second-order valence-electron chi connectivity index (χ2n) is 8.08. The molecular formula is C23H23NO4. The maximum absolute atomic E-state index is 12.8. The SMILES string of the molecule is COc1ccc(CNC(=O)[C@H]2[C@H]3CC[C@@]4(CC(=O)c5ccccc5O4)[C@@H]32)cc1. The lowest BCUT2D eigenvalue weighted by Crippen LogP contribution is -2.44. The topological polar surface area (TPSA) is 64.6 Å². The summed E-state index contributed by atoms with van der Waals surface area (Å²) in [6, 6.07) is 15.1. The highest BCUT2D eigenvalue weighted by Gasteiger charge is 2.70. The first-order valence-electron chi connectivity index (χ1n) is 9.83. The van der Waals surface area contributed by atoms with Gasteiger partial charge in [-0.3, -0.25) is 9.59 Å². The van der Waals surface area contributed by atoms with Gasteiger partial charge in [-0.25, -0.2) is 0 Å². The van der Waals surface area contributed by atoms with E-state index in [4.69, 9.17) is 9.47 Å². The Morgan fingerprint density at radius 2 is 2.00 bits per heavy atom. The largest absolute Gasteiger partial charge is 0.497 e. The minimum absolute atomic E-state index is 0.0509. The molecular weight excluding hydrogens is 354 g/mol. The van der Waals surface area contributed by atoms with E-state index in [1.807, 2.05) is 48.5 Å². The summed E-state index contributed by atoms with van der Waals surface area (Å²) in [6.45, 7) is 0.494. The smallest absolute Gasteiger partial charge is 0.224 e. The van der Waals surface area contributed by atoms with Crippen LogP contribution in [0.3, 0.4) is 0 Å². The summed E-state index contributed by atoms with van der Waals surface area (Å²) in [5.74, 6) is 2.09. The van der Waals surface area contributed by atoms with Gasteiger partial charge in [0.05, 0.1) is 19.1 Å². The molecule has 4 atom stereocenters. The van der Waals surface area contributed by atoms with Gasteiger partial charge in [0.2, 0.25) is 5.91 Å². The summed E-state index contributed by atoms with van der Waals surface area (Å²) in [5.41, 5.74) is 1.20. The van der Waals surface area contributed by atoms with Crippen molar-refractivity contribution in [1.82, 2.24) is 5.32 Å². The molecule has 5 nitrogen and oxygen atoms in total. The van der Waals surface area contributed by atoms with Gasteiger partial charge in [0, 0.05) is 18.4 Å². The average Bonchev–Trinajstić information content (AvgIpc) is 3.37. The molecule has 3 aliphatic rings. The van der Waals surface area contributed by atoms with Gasteiger partial charge in [0.25, 0.3) is 0 Å². The zero-order valence-electron chi connectivity index (χ0n) is 15.8. The summed E-state index contributed by atoms with van der Waals surface area (Å²) in [7, 11) is 1.63. The zero-order chi connectivity index (χ0) is 19.3. The van der Waals surface area contributed by atoms with E-state index in [1.165, 1.54) is 0 Å². The monoisotopic (exact) mass is 377 g/mol. The van der Waals surface area contributed by atoms with Crippen molar-refractivity contribution in [2.75, 3.05) is 7.11 Å². The number of fused-ring (bicyclic) bond motifs is 3. The van der Waals surface area contributed by atoms with Gasteiger partial charge < -0.3 is 14.8 Å². The van der Waals surface area contributed by atoms with Gasteiger partial charge in [-0.05, 0) is 48.6 Å². The number of hydrogen-bond donors (Lipinski definition) is 1. The molecule has 2 fully saturated rings. The van der Waals surface area contributed by atoms with Gasteiger partial charge in [-0.15, -0.1) is 0 Å². The standard InChI is InChI=1S/C23H23NO4/c1-27-15-8-6-14(7-9-15)13-24-22(26)20-17-10-11-23(21(17)20)12-18(25)16-4-2-3-5-19(16)28-23/h2-9,17,20-21H,10-13H2,1H3,(H,24,26)/t17-,20+,21+,23-/m1/s1. The highest BCUT2D eigenvalue weighted by atomic mass is 16.5. The van der Waals surface area contributed by atoms with E-state index in [2.05, 4.69) is 5.32 Å². The number of benzene rings is 2. The predicted octanol–water partition coefficient (Wildman–Crippen LogP) is 3.37. The number of hydrogen-bond acceptors (Lipinski definition) is 4. The van der Waals surface area contributed by atoms with E-state index >= 15 is 0 Å². The molecule has 144 valence electrons. The van der Waals surface area contributed by atoms with Crippen LogP contribution in [0.1, 0.15) is 35.2 Å². The molecule has 0 aromatic heterocycles. The van der Waals surface area contributed by atoms with Crippen LogP contribution in [0.15, 0.2) is 48.5 Å². The van der Waals surface area contributed by atoms with Crippen molar-refractivity contribution in [3.63, 3.8) is 0 Å². The van der Waals surface area contributed by atoms with Crippen LogP contribution in [0, 0.1) is 17.8 Å². The van der Waals surface area contributed by atoms with Crippen LogP contribution in [0.5, 0.6) is 11.5 Å². The van der Waals surface area contributed by atoms with E-state index in [1.54, 1.807) is 7.11 Å². The molecule has 1 aliphatic heterocycles. The number of Topliss-reactive ketones (excluding diaryl/α,β-unsaturated/α-hetero) is 1. The molecule has 2 aromatic rings. The van der Waals surface area contributed by atoms with E-state index < -0.39 is 5.60 Å². The molecule has 5 rings (SSSR count). The Morgan fingerprint density at radius 3 is 2.79 bits per heavy atom. The summed E-state index contributed by atoms with van der Waals surface area (Å²) < 4.78 is 11.5. The number of ether oxygens (including phenoxy) is 2. The highest BCUT2D eigenvalue weighted by Crippen LogP contribution is 2.65. The molecule has 2 aromatic carbocycles. The number of carbonyl (C=O) groups excluding carboxylic acids is 2. The fourth-order valence-electron chi connectivity index (χ4n) is 5.17. The first-order valence-corrected chi connectivity index (χ1v) is 9.83. The van der Waals surface area contributed by atoms with Gasteiger partial charge in [0.1, 0.15) is 17.1 Å².